The summed E-state index contributed by atoms with van der Waals surface area (Å²) in [6, 6.07) is 2.86. The summed E-state index contributed by atoms with van der Waals surface area (Å²) in [7, 11) is 4.37. The molecule has 3 atom stereocenters. The number of nitrogens with zero attached hydrogens (tertiary/aromatic N) is 3. The number of carbonyl (C=O) groups is 10. The largest absolute Gasteiger partial charge is 0.549 e. The number of rotatable bonds is 36. The van der Waals surface area contributed by atoms with Gasteiger partial charge in [-0.15, -0.1) is 0 Å². The minimum atomic E-state index is -1.64. The molecule has 0 saturated heterocycles. The third kappa shape index (κ3) is 26.8. The summed E-state index contributed by atoms with van der Waals surface area (Å²) in [5, 5.41) is 79.1. The second-order valence-electron chi connectivity index (χ2n) is 14.1. The van der Waals surface area contributed by atoms with Crippen LogP contribution < -0.4 is 52.1 Å². The number of hydrogen-bond donors (Lipinski definition) is 6. The number of carboxylic acid groups (broad SMARTS) is 6. The van der Waals surface area contributed by atoms with Gasteiger partial charge in [-0.2, -0.15) is 0 Å². The standard InChI is InChI=1S/C38H58N8O16S2/c1-24(47)28(43-37(61)29(39-2)8-10-31(49)50)7-9-30(48)40-11-15-63-64-16-12-41-38(62)42-26-5-3-25(4-6-26)17-27(46(22-35(57)58)23-36(59)60)18-44(19-32(51)52)13-14-45(20-33(53)54)21-34(55)56/h3-6,27-29,39H,7-23H2,1-2H3,(H,40,48)(H,43,61)(H,49,50)(H,51,52)(H,53,54)(H,55,56)(H,57,58)(H,59,60)(H2,41,42,62)/p-5. The molecule has 0 bridgehead atoms. The van der Waals surface area contributed by atoms with Gasteiger partial charge in [-0.3, -0.25) is 33.9 Å². The Morgan fingerprint density at radius 3 is 1.67 bits per heavy atom. The van der Waals surface area contributed by atoms with Gasteiger partial charge in [0.25, 0.3) is 0 Å². The summed E-state index contributed by atoms with van der Waals surface area (Å²) in [4.78, 5) is 120. The molecule has 0 heterocycles. The molecule has 0 aromatic heterocycles. The number of aliphatic carboxylic acids is 6. The van der Waals surface area contributed by atoms with Gasteiger partial charge in [-0.1, -0.05) is 33.7 Å². The molecule has 3 unspecified atom stereocenters. The zero-order valence-corrected chi connectivity index (χ0v) is 36.9. The van der Waals surface area contributed by atoms with E-state index in [9.17, 15) is 73.5 Å². The average Bonchev–Trinajstić information content (AvgIpc) is 3.18. The first kappa shape index (κ1) is 56.5. The van der Waals surface area contributed by atoms with Crippen molar-refractivity contribution in [3.63, 3.8) is 0 Å². The van der Waals surface area contributed by atoms with Gasteiger partial charge in [0.15, 0.2) is 5.78 Å². The van der Waals surface area contributed by atoms with Crippen LogP contribution in [0, 0.1) is 0 Å². The van der Waals surface area contributed by atoms with E-state index in [1.54, 1.807) is 12.1 Å². The van der Waals surface area contributed by atoms with Crippen LogP contribution in [0.2, 0.25) is 0 Å². The van der Waals surface area contributed by atoms with Crippen LogP contribution in [-0.4, -0.2) is 181 Å². The van der Waals surface area contributed by atoms with E-state index in [1.165, 1.54) is 52.6 Å². The van der Waals surface area contributed by atoms with Gasteiger partial charge in [0, 0.05) is 102 Å². The first-order valence-corrected chi connectivity index (χ1v) is 22.2. The molecule has 26 heteroatoms. The van der Waals surface area contributed by atoms with Crippen LogP contribution in [0.15, 0.2) is 24.3 Å². The lowest BCUT2D eigenvalue weighted by Crippen LogP contribution is -2.55. The summed E-state index contributed by atoms with van der Waals surface area (Å²) in [6.07, 6.45) is -0.244. The molecule has 1 aromatic rings. The quantitative estimate of drug-likeness (QED) is 0.0269. The SMILES string of the molecule is CNC(CCC(=O)O)C(=O)NC(CCC(=O)NCCSSCCNC(=O)Nc1ccc(CC(CN(CCN(CC(=O)[O-])CC(=O)[O-])CC(=O)[O-])N(CC(=O)[O-])CC(=O)[O-])cc1)C(C)=O. The van der Waals surface area contributed by atoms with Crippen LogP contribution in [-0.2, 0) is 49.6 Å². The Morgan fingerprint density at radius 2 is 1.17 bits per heavy atom. The van der Waals surface area contributed by atoms with Crippen molar-refractivity contribution in [1.82, 2.24) is 36.0 Å². The fourth-order valence-electron chi connectivity index (χ4n) is 5.95. The fourth-order valence-corrected chi connectivity index (χ4v) is 7.76. The number of Topliss-reactive ketones (excluding diaryl/α,β-unsaturated/α-hetero) is 1. The number of amides is 4. The molecule has 0 aliphatic rings. The first-order valence-electron chi connectivity index (χ1n) is 19.7. The van der Waals surface area contributed by atoms with E-state index in [0.29, 0.717) is 29.3 Å². The van der Waals surface area contributed by atoms with Gasteiger partial charge in [-0.05, 0) is 50.9 Å². The Balaban J connectivity index is 2.68. The molecule has 24 nitrogen and oxygen atoms in total. The zero-order valence-electron chi connectivity index (χ0n) is 35.3. The number of carbonyl (C=O) groups excluding carboxylic acids is 9. The van der Waals surface area contributed by atoms with Gasteiger partial charge in [0.1, 0.15) is 0 Å². The summed E-state index contributed by atoms with van der Waals surface area (Å²) in [5.41, 5.74) is 0.857. The summed E-state index contributed by atoms with van der Waals surface area (Å²) < 4.78 is 0. The van der Waals surface area contributed by atoms with Crippen LogP contribution in [0.25, 0.3) is 0 Å². The maximum Gasteiger partial charge on any atom is 0.319 e. The third-order valence-electron chi connectivity index (χ3n) is 8.96. The number of anilines is 1. The van der Waals surface area contributed by atoms with Gasteiger partial charge in [-0.25, -0.2) is 4.79 Å². The molecule has 0 spiro atoms. The first-order chi connectivity index (χ1) is 30.2. The molecule has 1 rings (SSSR count). The van der Waals surface area contributed by atoms with Gasteiger partial charge in [0.2, 0.25) is 11.8 Å². The van der Waals surface area contributed by atoms with Gasteiger partial charge >= 0.3 is 12.0 Å². The molecule has 0 aliphatic carbocycles. The van der Waals surface area contributed by atoms with E-state index in [1.807, 2.05) is 0 Å². The summed E-state index contributed by atoms with van der Waals surface area (Å²) in [5.74, 6) is -9.34. The molecular weight excluding hydrogens is 889 g/mol. The Hall–Kier alpha value is -5.54. The number of nitrogens with one attached hydrogen (secondary N) is 5. The molecule has 358 valence electrons. The van der Waals surface area contributed by atoms with E-state index in [2.05, 4.69) is 26.6 Å². The van der Waals surface area contributed by atoms with Gasteiger partial charge in [0.05, 0.1) is 41.9 Å². The van der Waals surface area contributed by atoms with Crippen LogP contribution in [0.1, 0.15) is 38.2 Å². The number of hydrogen-bond acceptors (Lipinski definition) is 21. The predicted octanol–water partition coefficient (Wildman–Crippen LogP) is -7.82. The van der Waals surface area contributed by atoms with Crippen molar-refractivity contribution in [3.8, 4) is 0 Å². The topological polar surface area (TPSA) is 376 Å². The summed E-state index contributed by atoms with van der Waals surface area (Å²) in [6.45, 7) is -3.21. The Kier molecular flexibility index (Phi) is 27.6. The fraction of sp³-hybridized carbons (Fsp3) is 0.579. The van der Waals surface area contributed by atoms with Crippen LogP contribution in [0.4, 0.5) is 10.5 Å². The average molecular weight is 942 g/mol. The zero-order chi connectivity index (χ0) is 48.2. The number of benzene rings is 1. The van der Waals surface area contributed by atoms with Crippen molar-refractivity contribution >= 4 is 86.7 Å². The number of ketones is 1. The van der Waals surface area contributed by atoms with E-state index in [0.717, 1.165) is 9.80 Å². The highest BCUT2D eigenvalue weighted by atomic mass is 33.1. The lowest BCUT2D eigenvalue weighted by Gasteiger charge is -2.37. The van der Waals surface area contributed by atoms with Crippen molar-refractivity contribution in [2.75, 3.05) is 89.3 Å². The normalized spacial score (nSPS) is 12.5. The van der Waals surface area contributed by atoms with Crippen LogP contribution in [0.3, 0.4) is 0 Å². The second kappa shape index (κ2) is 31.3. The lowest BCUT2D eigenvalue weighted by molar-refractivity contribution is -0.313. The molecule has 6 N–H and O–H groups in total. The highest BCUT2D eigenvalue weighted by molar-refractivity contribution is 8.76. The molecule has 0 aliphatic heterocycles. The maximum atomic E-state index is 12.5. The molecule has 1 aromatic carbocycles. The van der Waals surface area contributed by atoms with Crippen LogP contribution >= 0.6 is 21.6 Å². The smallest absolute Gasteiger partial charge is 0.319 e. The summed E-state index contributed by atoms with van der Waals surface area (Å²) >= 11 is 0. The van der Waals surface area contributed by atoms with Crippen molar-refractivity contribution < 1.29 is 78.6 Å². The minimum absolute atomic E-state index is 0.0279. The Labute approximate surface area is 376 Å². The number of urea groups is 1. The predicted molar refractivity (Wildman–Crippen MR) is 220 cm³/mol. The number of likely N-dealkylation sites (N-methyl/N-ethyl adjacent to an activating group) is 1. The Morgan fingerprint density at radius 1 is 0.672 bits per heavy atom. The van der Waals surface area contributed by atoms with Crippen molar-refractivity contribution in [2.45, 2.75) is 57.2 Å². The Bertz CT molecular complexity index is 1710. The van der Waals surface area contributed by atoms with E-state index >= 15 is 0 Å². The molecule has 64 heavy (non-hydrogen) atoms. The molecule has 0 saturated carbocycles. The van der Waals surface area contributed by atoms with E-state index in [-0.39, 0.29) is 70.0 Å². The van der Waals surface area contributed by atoms with Crippen molar-refractivity contribution in [1.29, 1.82) is 0 Å². The number of carboxylic acids is 6. The molecule has 4 amide bonds. The van der Waals surface area contributed by atoms with E-state index < -0.39 is 98.6 Å². The van der Waals surface area contributed by atoms with Crippen LogP contribution in [0.5, 0.6) is 0 Å². The lowest BCUT2D eigenvalue weighted by atomic mass is 10.0. The maximum absolute atomic E-state index is 12.5. The molecular formula is C38H53N8O16S2-5. The molecule has 0 radical (unpaired) electrons. The van der Waals surface area contributed by atoms with Crippen molar-refractivity contribution in [3.05, 3.63) is 29.8 Å². The second-order valence-corrected chi connectivity index (χ2v) is 16.8. The van der Waals surface area contributed by atoms with Crippen molar-refractivity contribution in [2.24, 2.45) is 0 Å². The third-order valence-corrected chi connectivity index (χ3v) is 11.4. The monoisotopic (exact) mass is 941 g/mol. The molecule has 0 fully saturated rings. The highest BCUT2D eigenvalue weighted by Gasteiger charge is 2.25. The van der Waals surface area contributed by atoms with Gasteiger partial charge < -0.3 is 81.2 Å². The van der Waals surface area contributed by atoms with E-state index in [4.69, 9.17) is 5.11 Å². The highest BCUT2D eigenvalue weighted by Crippen LogP contribution is 2.19. The minimum Gasteiger partial charge on any atom is -0.549 e.